The summed E-state index contributed by atoms with van der Waals surface area (Å²) < 4.78 is 19.5. The van der Waals surface area contributed by atoms with Gasteiger partial charge in [-0.15, -0.1) is 0 Å². The topological polar surface area (TPSA) is 46.5 Å². The van der Waals surface area contributed by atoms with Crippen molar-refractivity contribution in [3.8, 4) is 5.75 Å². The third-order valence-corrected chi connectivity index (χ3v) is 2.95. The van der Waals surface area contributed by atoms with Crippen LogP contribution < -0.4 is 4.74 Å². The Morgan fingerprint density at radius 1 is 1.24 bits per heavy atom. The van der Waals surface area contributed by atoms with E-state index in [9.17, 15) is 9.18 Å². The maximum absolute atomic E-state index is 13.9. The van der Waals surface area contributed by atoms with Crippen molar-refractivity contribution in [2.75, 3.05) is 0 Å². The maximum Gasteiger partial charge on any atom is 0.328 e. The Kier molecular flexibility index (Phi) is 4.72. The van der Waals surface area contributed by atoms with Crippen LogP contribution in [0.2, 0.25) is 0 Å². The molecule has 108 valence electrons. The summed E-state index contributed by atoms with van der Waals surface area (Å²) >= 11 is 0. The van der Waals surface area contributed by atoms with E-state index in [1.807, 2.05) is 37.3 Å². The van der Waals surface area contributed by atoms with E-state index in [0.29, 0.717) is 5.56 Å². The molecule has 0 bridgehead atoms. The van der Waals surface area contributed by atoms with E-state index in [4.69, 9.17) is 9.84 Å². The van der Waals surface area contributed by atoms with Crippen molar-refractivity contribution >= 4 is 12.0 Å². The lowest BCUT2D eigenvalue weighted by Crippen LogP contribution is -2.04. The molecule has 0 unspecified atom stereocenters. The molecule has 0 spiro atoms. The predicted molar refractivity (Wildman–Crippen MR) is 78.6 cm³/mol. The molecule has 0 fully saturated rings. The van der Waals surface area contributed by atoms with E-state index >= 15 is 0 Å². The van der Waals surface area contributed by atoms with Crippen LogP contribution in [0.5, 0.6) is 5.75 Å². The van der Waals surface area contributed by atoms with E-state index in [0.717, 1.165) is 11.6 Å². The van der Waals surface area contributed by atoms with E-state index in [1.54, 1.807) is 6.07 Å². The second-order valence-corrected chi connectivity index (χ2v) is 4.53. The molecule has 2 rings (SSSR count). The molecule has 0 heterocycles. The number of halogens is 1. The standard InChI is InChI=1S/C17H15FO3/c1-12(14-5-3-2-4-6-14)21-16-9-7-13(11-15(16)18)8-10-17(19)20/h2-12H,1H3,(H,19,20)/b10-8-/t12-/m0/s1. The molecule has 0 saturated carbocycles. The second-order valence-electron chi connectivity index (χ2n) is 4.53. The van der Waals surface area contributed by atoms with Crippen molar-refractivity contribution < 1.29 is 19.0 Å². The zero-order valence-electron chi connectivity index (χ0n) is 11.5. The zero-order valence-corrected chi connectivity index (χ0v) is 11.5. The Morgan fingerprint density at radius 3 is 2.57 bits per heavy atom. The molecule has 4 heteroatoms. The number of carbonyl (C=O) groups is 1. The van der Waals surface area contributed by atoms with Crippen LogP contribution in [0.3, 0.4) is 0 Å². The van der Waals surface area contributed by atoms with E-state index in [2.05, 4.69) is 0 Å². The molecule has 2 aromatic rings. The highest BCUT2D eigenvalue weighted by Gasteiger charge is 2.10. The van der Waals surface area contributed by atoms with Gasteiger partial charge in [0.2, 0.25) is 0 Å². The third kappa shape index (κ3) is 4.18. The highest BCUT2D eigenvalue weighted by Crippen LogP contribution is 2.25. The van der Waals surface area contributed by atoms with Gasteiger partial charge in [-0.3, -0.25) is 0 Å². The lowest BCUT2D eigenvalue weighted by atomic mass is 10.1. The van der Waals surface area contributed by atoms with Gasteiger partial charge in [-0.25, -0.2) is 9.18 Å². The smallest absolute Gasteiger partial charge is 0.328 e. The maximum atomic E-state index is 13.9. The molecule has 0 saturated heterocycles. The fourth-order valence-corrected chi connectivity index (χ4v) is 1.87. The Morgan fingerprint density at radius 2 is 1.95 bits per heavy atom. The first-order chi connectivity index (χ1) is 10.1. The minimum absolute atomic E-state index is 0.138. The minimum Gasteiger partial charge on any atom is -0.483 e. The summed E-state index contributed by atoms with van der Waals surface area (Å²) in [6.07, 6.45) is 2.01. The number of ether oxygens (including phenoxy) is 1. The average Bonchev–Trinajstić information content (AvgIpc) is 2.48. The number of hydrogen-bond acceptors (Lipinski definition) is 2. The zero-order chi connectivity index (χ0) is 15.2. The number of hydrogen-bond donors (Lipinski definition) is 1. The fraction of sp³-hybridized carbons (Fsp3) is 0.118. The summed E-state index contributed by atoms with van der Waals surface area (Å²) in [7, 11) is 0. The molecule has 0 aliphatic heterocycles. The Hall–Kier alpha value is -2.62. The van der Waals surface area contributed by atoms with Gasteiger partial charge in [0.05, 0.1) is 0 Å². The molecule has 0 aromatic heterocycles. The molecule has 0 aliphatic carbocycles. The van der Waals surface area contributed by atoms with Gasteiger partial charge in [-0.2, -0.15) is 0 Å². The third-order valence-electron chi connectivity index (χ3n) is 2.95. The van der Waals surface area contributed by atoms with Gasteiger partial charge in [0.15, 0.2) is 11.6 Å². The van der Waals surface area contributed by atoms with Crippen molar-refractivity contribution in [2.24, 2.45) is 0 Å². The SMILES string of the molecule is C[C@H](Oc1ccc(/C=C\C(=O)O)cc1F)c1ccccc1. The lowest BCUT2D eigenvalue weighted by Gasteiger charge is -2.15. The molecule has 21 heavy (non-hydrogen) atoms. The van der Waals surface area contributed by atoms with Gasteiger partial charge in [0, 0.05) is 6.08 Å². The van der Waals surface area contributed by atoms with Crippen LogP contribution in [0.1, 0.15) is 24.2 Å². The number of carboxylic acids is 1. The van der Waals surface area contributed by atoms with Crippen LogP contribution in [0.15, 0.2) is 54.6 Å². The number of benzene rings is 2. The molecule has 0 aliphatic rings. The van der Waals surface area contributed by atoms with Gasteiger partial charge in [-0.1, -0.05) is 36.4 Å². The summed E-state index contributed by atoms with van der Waals surface area (Å²) in [4.78, 5) is 10.4. The van der Waals surface area contributed by atoms with Crippen LogP contribution in [-0.2, 0) is 4.79 Å². The normalized spacial score (nSPS) is 12.3. The highest BCUT2D eigenvalue weighted by molar-refractivity contribution is 5.85. The van der Waals surface area contributed by atoms with Crippen LogP contribution >= 0.6 is 0 Å². The summed E-state index contributed by atoms with van der Waals surface area (Å²) in [6.45, 7) is 1.84. The first-order valence-electron chi connectivity index (χ1n) is 6.48. The number of rotatable bonds is 5. The minimum atomic E-state index is -1.08. The Balaban J connectivity index is 2.13. The van der Waals surface area contributed by atoms with Gasteiger partial charge in [0.1, 0.15) is 6.10 Å². The van der Waals surface area contributed by atoms with Crippen LogP contribution in [-0.4, -0.2) is 11.1 Å². The van der Waals surface area contributed by atoms with E-state index < -0.39 is 11.8 Å². The predicted octanol–water partition coefficient (Wildman–Crippen LogP) is 4.06. The van der Waals surface area contributed by atoms with Crippen molar-refractivity contribution in [2.45, 2.75) is 13.0 Å². The molecule has 1 N–H and O–H groups in total. The van der Waals surface area contributed by atoms with Crippen molar-refractivity contribution in [1.29, 1.82) is 0 Å². The van der Waals surface area contributed by atoms with Crippen LogP contribution in [0.4, 0.5) is 4.39 Å². The molecular formula is C17H15FO3. The second kappa shape index (κ2) is 6.70. The largest absolute Gasteiger partial charge is 0.483 e. The van der Waals surface area contributed by atoms with Crippen LogP contribution in [0, 0.1) is 5.82 Å². The summed E-state index contributed by atoms with van der Waals surface area (Å²) in [5.41, 5.74) is 1.42. The lowest BCUT2D eigenvalue weighted by molar-refractivity contribution is -0.131. The van der Waals surface area contributed by atoms with E-state index in [-0.39, 0.29) is 11.9 Å². The molecule has 2 aromatic carbocycles. The van der Waals surface area contributed by atoms with Crippen molar-refractivity contribution in [3.63, 3.8) is 0 Å². The molecule has 0 radical (unpaired) electrons. The van der Waals surface area contributed by atoms with Crippen molar-refractivity contribution in [3.05, 3.63) is 71.6 Å². The summed E-state index contributed by atoms with van der Waals surface area (Å²) in [5.74, 6) is -1.46. The molecular weight excluding hydrogens is 271 g/mol. The van der Waals surface area contributed by atoms with Crippen LogP contribution in [0.25, 0.3) is 6.08 Å². The molecule has 3 nitrogen and oxygen atoms in total. The van der Waals surface area contributed by atoms with Gasteiger partial charge >= 0.3 is 5.97 Å². The van der Waals surface area contributed by atoms with E-state index in [1.165, 1.54) is 18.2 Å². The van der Waals surface area contributed by atoms with Gasteiger partial charge in [-0.05, 0) is 36.3 Å². The fourth-order valence-electron chi connectivity index (χ4n) is 1.87. The number of aliphatic carboxylic acids is 1. The van der Waals surface area contributed by atoms with Gasteiger partial charge < -0.3 is 9.84 Å². The number of carboxylic acid groups (broad SMARTS) is 1. The quantitative estimate of drug-likeness (QED) is 0.843. The Bertz CT molecular complexity index is 650. The molecule has 1 atom stereocenters. The molecule has 0 amide bonds. The van der Waals surface area contributed by atoms with Gasteiger partial charge in [0.25, 0.3) is 0 Å². The summed E-state index contributed by atoms with van der Waals surface area (Å²) in [5, 5.41) is 8.54. The van der Waals surface area contributed by atoms with Crippen molar-refractivity contribution in [1.82, 2.24) is 0 Å². The first-order valence-corrected chi connectivity index (χ1v) is 6.48. The monoisotopic (exact) mass is 286 g/mol. The highest BCUT2D eigenvalue weighted by atomic mass is 19.1. The first kappa shape index (κ1) is 14.8. The average molecular weight is 286 g/mol. The Labute approximate surface area is 122 Å². The summed E-state index contributed by atoms with van der Waals surface area (Å²) in [6, 6.07) is 13.9.